The molecule has 1 aromatic carbocycles. The van der Waals surface area contributed by atoms with Crippen LogP contribution in [0, 0.1) is 0 Å². The second-order valence-electron chi connectivity index (χ2n) is 5.55. The Morgan fingerprint density at radius 1 is 1.32 bits per heavy atom. The third kappa shape index (κ3) is 3.20. The van der Waals surface area contributed by atoms with Crippen molar-refractivity contribution < 1.29 is 14.3 Å². The Hall–Kier alpha value is -2.87. The molecule has 3 aromatic rings. The maximum atomic E-state index is 12.3. The van der Waals surface area contributed by atoms with E-state index < -0.39 is 6.04 Å². The fourth-order valence-corrected chi connectivity index (χ4v) is 3.23. The summed E-state index contributed by atoms with van der Waals surface area (Å²) in [7, 11) is 0. The van der Waals surface area contributed by atoms with Gasteiger partial charge in [-0.3, -0.25) is 9.48 Å². The summed E-state index contributed by atoms with van der Waals surface area (Å²) in [5, 5.41) is 9.37. The second-order valence-corrected chi connectivity index (χ2v) is 6.41. The average Bonchev–Trinajstić information content (AvgIpc) is 3.32. The van der Waals surface area contributed by atoms with Gasteiger partial charge in [0.25, 0.3) is 5.91 Å². The van der Waals surface area contributed by atoms with Crippen LogP contribution in [0.2, 0.25) is 0 Å². The summed E-state index contributed by atoms with van der Waals surface area (Å²) in [6.07, 6.45) is 3.40. The number of fused-ring (bicyclic) bond motifs is 1. The number of thiazole rings is 1. The lowest BCUT2D eigenvalue weighted by Crippen LogP contribution is -2.23. The fraction of sp³-hybridized carbons (Fsp3) is 0.235. The lowest BCUT2D eigenvalue weighted by atomic mass is 10.1. The molecule has 4 rings (SSSR count). The van der Waals surface area contributed by atoms with Gasteiger partial charge in [0.1, 0.15) is 19.3 Å². The number of hydrogen-bond acceptors (Lipinski definition) is 6. The van der Waals surface area contributed by atoms with Crippen LogP contribution in [-0.4, -0.2) is 33.9 Å². The molecule has 2 aromatic heterocycles. The van der Waals surface area contributed by atoms with Gasteiger partial charge in [-0.15, -0.1) is 11.3 Å². The van der Waals surface area contributed by atoms with Crippen LogP contribution in [0.15, 0.2) is 42.0 Å². The van der Waals surface area contributed by atoms with Crippen LogP contribution in [0.4, 0.5) is 5.13 Å². The topological polar surface area (TPSA) is 78.3 Å². The van der Waals surface area contributed by atoms with E-state index in [1.54, 1.807) is 30.1 Å². The van der Waals surface area contributed by atoms with Gasteiger partial charge in [-0.1, -0.05) is 0 Å². The smallest absolute Gasteiger partial charge is 0.250 e. The van der Waals surface area contributed by atoms with E-state index in [2.05, 4.69) is 15.4 Å². The number of benzene rings is 1. The lowest BCUT2D eigenvalue weighted by Gasteiger charge is -2.18. The van der Waals surface area contributed by atoms with Crippen molar-refractivity contribution in [2.45, 2.75) is 13.0 Å². The first kappa shape index (κ1) is 15.6. The molecule has 7 nitrogen and oxygen atoms in total. The van der Waals surface area contributed by atoms with Gasteiger partial charge < -0.3 is 14.8 Å². The summed E-state index contributed by atoms with van der Waals surface area (Å²) >= 11 is 1.38. The van der Waals surface area contributed by atoms with Gasteiger partial charge in [-0.05, 0) is 31.2 Å². The fourth-order valence-electron chi connectivity index (χ4n) is 2.51. The number of carbonyl (C=O) groups is 1. The molecule has 8 heteroatoms. The van der Waals surface area contributed by atoms with Crippen molar-refractivity contribution >= 4 is 22.4 Å². The minimum absolute atomic E-state index is 0.160. The highest BCUT2D eigenvalue weighted by atomic mass is 32.1. The standard InChI is InChI=1S/C17H16N4O3S/c1-11(21-6-2-5-18-21)16(22)20-17-19-13(10-25-17)12-3-4-14-15(9-12)24-8-7-23-14/h2-6,9-11H,7-8H2,1H3,(H,19,20,22). The van der Waals surface area contributed by atoms with Crippen molar-refractivity contribution in [1.29, 1.82) is 0 Å². The molecule has 0 saturated heterocycles. The van der Waals surface area contributed by atoms with E-state index in [9.17, 15) is 4.79 Å². The first-order valence-corrected chi connectivity index (χ1v) is 8.74. The SMILES string of the molecule is CC(C(=O)Nc1nc(-c2ccc3c(c2)OCCO3)cs1)n1cccn1. The Balaban J connectivity index is 1.49. The maximum Gasteiger partial charge on any atom is 0.250 e. The monoisotopic (exact) mass is 356 g/mol. The average molecular weight is 356 g/mol. The minimum Gasteiger partial charge on any atom is -0.486 e. The Bertz CT molecular complexity index is 891. The molecule has 3 heterocycles. The largest absolute Gasteiger partial charge is 0.486 e. The predicted octanol–water partition coefficient (Wildman–Crippen LogP) is 2.98. The van der Waals surface area contributed by atoms with Crippen LogP contribution in [0.3, 0.4) is 0 Å². The van der Waals surface area contributed by atoms with E-state index in [0.717, 1.165) is 22.8 Å². The zero-order valence-electron chi connectivity index (χ0n) is 13.5. The van der Waals surface area contributed by atoms with E-state index in [0.29, 0.717) is 18.3 Å². The summed E-state index contributed by atoms with van der Waals surface area (Å²) in [5.74, 6) is 1.30. The molecular weight excluding hydrogens is 340 g/mol. The van der Waals surface area contributed by atoms with Gasteiger partial charge in [0, 0.05) is 23.3 Å². The molecule has 0 aliphatic carbocycles. The van der Waals surface area contributed by atoms with Crippen LogP contribution in [0.5, 0.6) is 11.5 Å². The molecule has 1 amide bonds. The zero-order valence-corrected chi connectivity index (χ0v) is 14.3. The van der Waals surface area contributed by atoms with E-state index in [4.69, 9.17) is 9.47 Å². The molecule has 0 spiro atoms. The Morgan fingerprint density at radius 3 is 2.96 bits per heavy atom. The van der Waals surface area contributed by atoms with Crippen LogP contribution < -0.4 is 14.8 Å². The number of aromatic nitrogens is 3. The first-order valence-electron chi connectivity index (χ1n) is 7.86. The number of nitrogens with zero attached hydrogens (tertiary/aromatic N) is 3. The molecule has 1 aliphatic heterocycles. The third-order valence-electron chi connectivity index (χ3n) is 3.87. The number of rotatable bonds is 4. The Morgan fingerprint density at radius 2 is 2.16 bits per heavy atom. The number of hydrogen-bond donors (Lipinski definition) is 1. The molecule has 128 valence electrons. The van der Waals surface area contributed by atoms with Crippen molar-refractivity contribution in [3.8, 4) is 22.8 Å². The summed E-state index contributed by atoms with van der Waals surface area (Å²) in [6, 6.07) is 7.09. The molecule has 0 fully saturated rings. The van der Waals surface area contributed by atoms with E-state index in [-0.39, 0.29) is 5.91 Å². The summed E-state index contributed by atoms with van der Waals surface area (Å²) in [4.78, 5) is 16.8. The zero-order chi connectivity index (χ0) is 17.2. The number of nitrogens with one attached hydrogen (secondary N) is 1. The maximum absolute atomic E-state index is 12.3. The second kappa shape index (κ2) is 6.56. The lowest BCUT2D eigenvalue weighted by molar-refractivity contribution is -0.119. The van der Waals surface area contributed by atoms with Crippen LogP contribution in [-0.2, 0) is 4.79 Å². The predicted molar refractivity (Wildman–Crippen MR) is 94.1 cm³/mol. The van der Waals surface area contributed by atoms with Crippen molar-refractivity contribution in [2.75, 3.05) is 18.5 Å². The minimum atomic E-state index is -0.406. The van der Waals surface area contributed by atoms with Gasteiger partial charge >= 0.3 is 0 Å². The van der Waals surface area contributed by atoms with Crippen molar-refractivity contribution in [3.05, 3.63) is 42.0 Å². The van der Waals surface area contributed by atoms with Gasteiger partial charge in [-0.25, -0.2) is 4.98 Å². The van der Waals surface area contributed by atoms with Gasteiger partial charge in [0.05, 0.1) is 5.69 Å². The highest BCUT2D eigenvalue weighted by molar-refractivity contribution is 7.14. The quantitative estimate of drug-likeness (QED) is 0.777. The molecule has 1 unspecified atom stereocenters. The first-order chi connectivity index (χ1) is 12.2. The van der Waals surface area contributed by atoms with Crippen molar-refractivity contribution in [2.24, 2.45) is 0 Å². The highest BCUT2D eigenvalue weighted by Gasteiger charge is 2.18. The van der Waals surface area contributed by atoms with E-state index in [1.807, 2.05) is 23.6 Å². The molecule has 1 aliphatic rings. The summed E-state index contributed by atoms with van der Waals surface area (Å²) in [6.45, 7) is 2.89. The van der Waals surface area contributed by atoms with Gasteiger partial charge in [0.2, 0.25) is 0 Å². The summed E-state index contributed by atoms with van der Waals surface area (Å²) < 4.78 is 12.7. The molecule has 0 bridgehead atoms. The van der Waals surface area contributed by atoms with E-state index >= 15 is 0 Å². The molecule has 1 N–H and O–H groups in total. The normalized spacial score (nSPS) is 14.1. The van der Waals surface area contributed by atoms with Crippen LogP contribution in [0.1, 0.15) is 13.0 Å². The van der Waals surface area contributed by atoms with Crippen molar-refractivity contribution in [1.82, 2.24) is 14.8 Å². The third-order valence-corrected chi connectivity index (χ3v) is 4.63. The number of ether oxygens (including phenoxy) is 2. The summed E-state index contributed by atoms with van der Waals surface area (Å²) in [5.41, 5.74) is 1.70. The number of carbonyl (C=O) groups excluding carboxylic acids is 1. The number of amides is 1. The Kier molecular flexibility index (Phi) is 4.10. The Labute approximate surface area is 148 Å². The molecule has 0 radical (unpaired) electrons. The molecule has 0 saturated carbocycles. The van der Waals surface area contributed by atoms with Crippen molar-refractivity contribution in [3.63, 3.8) is 0 Å². The van der Waals surface area contributed by atoms with Crippen LogP contribution in [0.25, 0.3) is 11.3 Å². The van der Waals surface area contributed by atoms with E-state index in [1.165, 1.54) is 11.3 Å². The number of anilines is 1. The molecular formula is C17H16N4O3S. The van der Waals surface area contributed by atoms with Crippen LogP contribution >= 0.6 is 11.3 Å². The van der Waals surface area contributed by atoms with Gasteiger partial charge in [-0.2, -0.15) is 5.10 Å². The molecule has 25 heavy (non-hydrogen) atoms. The van der Waals surface area contributed by atoms with Gasteiger partial charge in [0.15, 0.2) is 16.6 Å². The highest BCUT2D eigenvalue weighted by Crippen LogP contribution is 2.35. The molecule has 1 atom stereocenters.